The van der Waals surface area contributed by atoms with E-state index in [1.54, 1.807) is 7.11 Å². The summed E-state index contributed by atoms with van der Waals surface area (Å²) in [6.07, 6.45) is 0.780. The van der Waals surface area contributed by atoms with Crippen molar-refractivity contribution in [3.05, 3.63) is 100 Å². The molecule has 0 bridgehead atoms. The quantitative estimate of drug-likeness (QED) is 0.308. The van der Waals surface area contributed by atoms with Crippen molar-refractivity contribution in [2.75, 3.05) is 13.7 Å². The molecule has 0 heterocycles. The lowest BCUT2D eigenvalue weighted by molar-refractivity contribution is 0.317. The highest BCUT2D eigenvalue weighted by molar-refractivity contribution is 7.94. The molecule has 34 heavy (non-hydrogen) atoms. The average molecular weight is 490 g/mol. The second kappa shape index (κ2) is 12.1. The van der Waals surface area contributed by atoms with Crippen molar-refractivity contribution in [1.82, 2.24) is 5.32 Å². The van der Waals surface area contributed by atoms with Crippen LogP contribution in [0.3, 0.4) is 0 Å². The number of hydrogen-bond acceptors (Lipinski definition) is 5. The third kappa shape index (κ3) is 6.86. The Morgan fingerprint density at radius 3 is 2.32 bits per heavy atom. The predicted octanol–water partition coefficient (Wildman–Crippen LogP) is 7.07. The Morgan fingerprint density at radius 1 is 1.00 bits per heavy atom. The molecule has 3 rings (SSSR count). The van der Waals surface area contributed by atoms with Gasteiger partial charge in [-0.2, -0.15) is 10.5 Å². The van der Waals surface area contributed by atoms with E-state index < -0.39 is 5.41 Å². The minimum Gasteiger partial charge on any atom is -0.314 e. The number of nitrogens with one attached hydrogen (secondary N) is 1. The van der Waals surface area contributed by atoms with Gasteiger partial charge in [-0.25, -0.2) is 0 Å². The van der Waals surface area contributed by atoms with Gasteiger partial charge in [-0.3, -0.25) is 0 Å². The van der Waals surface area contributed by atoms with Gasteiger partial charge in [0.1, 0.15) is 0 Å². The first-order chi connectivity index (χ1) is 16.4. The summed E-state index contributed by atoms with van der Waals surface area (Å²) in [5.74, 6) is 0.106. The number of nitrogens with zero attached hydrogens (tertiary/aromatic N) is 2. The van der Waals surface area contributed by atoms with Gasteiger partial charge in [0.2, 0.25) is 0 Å². The normalized spacial score (nSPS) is 13.0. The molecule has 3 aromatic rings. The molecule has 2 atom stereocenters. The van der Waals surface area contributed by atoms with Crippen molar-refractivity contribution >= 4 is 23.6 Å². The summed E-state index contributed by atoms with van der Waals surface area (Å²) in [5.41, 5.74) is 3.30. The van der Waals surface area contributed by atoms with Crippen LogP contribution in [0.2, 0.25) is 5.02 Å². The van der Waals surface area contributed by atoms with Crippen LogP contribution in [0.1, 0.15) is 48.1 Å². The van der Waals surface area contributed by atoms with Crippen molar-refractivity contribution in [3.63, 3.8) is 0 Å². The predicted molar refractivity (Wildman–Crippen MR) is 138 cm³/mol. The minimum absolute atomic E-state index is 0.106. The van der Waals surface area contributed by atoms with Crippen LogP contribution < -0.4 is 5.32 Å². The van der Waals surface area contributed by atoms with Crippen molar-refractivity contribution in [2.45, 2.75) is 37.1 Å². The summed E-state index contributed by atoms with van der Waals surface area (Å²) < 4.78 is 5.14. The molecule has 0 fully saturated rings. The van der Waals surface area contributed by atoms with Gasteiger partial charge in [-0.1, -0.05) is 48.0 Å². The molecule has 3 aromatic carbocycles. The van der Waals surface area contributed by atoms with Crippen molar-refractivity contribution < 1.29 is 4.18 Å². The third-order valence-corrected chi connectivity index (χ3v) is 6.74. The maximum Gasteiger partial charge on any atom is 0.0991 e. The lowest BCUT2D eigenvalue weighted by atomic mass is 9.81. The van der Waals surface area contributed by atoms with E-state index in [9.17, 15) is 10.5 Å². The van der Waals surface area contributed by atoms with Gasteiger partial charge in [0.15, 0.2) is 0 Å². The second-order valence-corrected chi connectivity index (χ2v) is 10.2. The van der Waals surface area contributed by atoms with Crippen LogP contribution in [-0.2, 0) is 10.6 Å². The van der Waals surface area contributed by atoms with Gasteiger partial charge in [0, 0.05) is 34.4 Å². The molecule has 2 unspecified atom stereocenters. The van der Waals surface area contributed by atoms with E-state index in [-0.39, 0.29) is 12.0 Å². The van der Waals surface area contributed by atoms with E-state index in [2.05, 4.69) is 23.5 Å². The monoisotopic (exact) mass is 489 g/mol. The van der Waals surface area contributed by atoms with Crippen LogP contribution >= 0.6 is 23.6 Å². The molecule has 174 valence electrons. The Hall–Kier alpha value is -2.80. The maximum atomic E-state index is 9.91. The van der Waals surface area contributed by atoms with Gasteiger partial charge in [0.25, 0.3) is 0 Å². The molecule has 0 aliphatic carbocycles. The Balaban J connectivity index is 1.89. The molecule has 0 aromatic heterocycles. The summed E-state index contributed by atoms with van der Waals surface area (Å²) in [7, 11) is 1.64. The molecule has 0 radical (unpaired) electrons. The van der Waals surface area contributed by atoms with Crippen molar-refractivity contribution in [3.8, 4) is 12.1 Å². The smallest absolute Gasteiger partial charge is 0.0991 e. The summed E-state index contributed by atoms with van der Waals surface area (Å²) >= 11 is 7.39. The minimum atomic E-state index is -0.630. The van der Waals surface area contributed by atoms with Gasteiger partial charge < -0.3 is 9.50 Å². The fourth-order valence-electron chi connectivity index (χ4n) is 4.00. The first-order valence-corrected chi connectivity index (χ1v) is 12.2. The van der Waals surface area contributed by atoms with E-state index in [0.29, 0.717) is 17.1 Å². The van der Waals surface area contributed by atoms with Crippen molar-refractivity contribution in [2.24, 2.45) is 5.41 Å². The fraction of sp³-hybridized carbons (Fsp3) is 0.286. The number of hydrogen-bond donors (Lipinski definition) is 1. The van der Waals surface area contributed by atoms with Crippen LogP contribution in [0.5, 0.6) is 0 Å². The van der Waals surface area contributed by atoms with E-state index in [0.717, 1.165) is 28.0 Å². The SMILES string of the molecule is COSc1ccc(C(NCC(Cc2ccc(Cl)cc2)c2cccc(C#N)c2)C(C)(C)C#N)cc1. The average Bonchev–Trinajstić information content (AvgIpc) is 2.85. The zero-order valence-corrected chi connectivity index (χ0v) is 21.2. The topological polar surface area (TPSA) is 68.8 Å². The van der Waals surface area contributed by atoms with E-state index >= 15 is 0 Å². The van der Waals surface area contributed by atoms with Crippen molar-refractivity contribution in [1.29, 1.82) is 10.5 Å². The van der Waals surface area contributed by atoms with Gasteiger partial charge >= 0.3 is 0 Å². The van der Waals surface area contributed by atoms with Crippen LogP contribution in [-0.4, -0.2) is 13.7 Å². The summed E-state index contributed by atoms with van der Waals surface area (Å²) in [5, 5.41) is 23.7. The Morgan fingerprint density at radius 2 is 1.71 bits per heavy atom. The molecule has 0 saturated carbocycles. The highest BCUT2D eigenvalue weighted by atomic mass is 35.5. The largest absolute Gasteiger partial charge is 0.314 e. The van der Waals surface area contributed by atoms with Crippen LogP contribution in [0.4, 0.5) is 0 Å². The molecule has 6 heteroatoms. The van der Waals surface area contributed by atoms with E-state index in [1.807, 2.05) is 80.6 Å². The zero-order chi connectivity index (χ0) is 24.6. The molecule has 0 amide bonds. The lowest BCUT2D eigenvalue weighted by Crippen LogP contribution is -2.36. The summed E-state index contributed by atoms with van der Waals surface area (Å²) in [4.78, 5) is 1.01. The van der Waals surface area contributed by atoms with Gasteiger partial charge in [0.05, 0.1) is 36.3 Å². The summed E-state index contributed by atoms with van der Waals surface area (Å²) in [6, 6.07) is 28.2. The highest BCUT2D eigenvalue weighted by Crippen LogP contribution is 2.35. The second-order valence-electron chi connectivity index (χ2n) is 8.76. The number of benzene rings is 3. The number of nitriles is 2. The number of rotatable bonds is 10. The zero-order valence-electron chi connectivity index (χ0n) is 19.6. The van der Waals surface area contributed by atoms with Crippen LogP contribution in [0.25, 0.3) is 0 Å². The molecule has 0 spiro atoms. The third-order valence-electron chi connectivity index (χ3n) is 5.85. The highest BCUT2D eigenvalue weighted by Gasteiger charge is 2.31. The molecular formula is C28H28ClN3OS. The first kappa shape index (κ1) is 25.8. The fourth-order valence-corrected chi connectivity index (χ4v) is 4.57. The summed E-state index contributed by atoms with van der Waals surface area (Å²) in [6.45, 7) is 4.54. The molecule has 0 aliphatic heterocycles. The van der Waals surface area contributed by atoms with Gasteiger partial charge in [-0.15, -0.1) is 0 Å². The Bertz CT molecular complexity index is 1160. The first-order valence-electron chi connectivity index (χ1n) is 11.1. The van der Waals surface area contributed by atoms with Gasteiger partial charge in [-0.05, 0) is 73.4 Å². The van der Waals surface area contributed by atoms with E-state index in [4.69, 9.17) is 15.8 Å². The molecular weight excluding hydrogens is 462 g/mol. The van der Waals surface area contributed by atoms with E-state index in [1.165, 1.54) is 12.0 Å². The Labute approximate surface area is 211 Å². The van der Waals surface area contributed by atoms with Crippen LogP contribution in [0, 0.1) is 28.1 Å². The lowest BCUT2D eigenvalue weighted by Gasteiger charge is -2.32. The van der Waals surface area contributed by atoms with Crippen LogP contribution in [0.15, 0.2) is 77.7 Å². The maximum absolute atomic E-state index is 9.91. The standard InChI is InChI=1S/C28H28ClN3OS/c1-28(2,19-31)27(22-9-13-26(14-10-22)34-33-3)32-18-24(15-20-7-11-25(29)12-8-20)23-6-4-5-21(16-23)17-30/h4-14,16,24,27,32H,15,18H2,1-3H3. The molecule has 0 aliphatic rings. The Kier molecular flexibility index (Phi) is 9.16. The molecule has 1 N–H and O–H groups in total. The number of halogens is 1. The molecule has 4 nitrogen and oxygen atoms in total. The molecule has 0 saturated heterocycles.